The fraction of sp³-hybridized carbons (Fsp3) is 0.350. The number of aromatic nitrogens is 1. The molecule has 0 aliphatic carbocycles. The lowest BCUT2D eigenvalue weighted by molar-refractivity contribution is 0.198. The van der Waals surface area contributed by atoms with Gasteiger partial charge in [-0.1, -0.05) is 24.3 Å². The van der Waals surface area contributed by atoms with Crippen LogP contribution in [0.2, 0.25) is 0 Å². The number of para-hydroxylation sites is 3. The van der Waals surface area contributed by atoms with Crippen molar-refractivity contribution in [3.05, 3.63) is 53.5 Å². The molecule has 3 aromatic rings. The van der Waals surface area contributed by atoms with Gasteiger partial charge < -0.3 is 9.64 Å². The second-order valence-electron chi connectivity index (χ2n) is 6.39. The highest BCUT2D eigenvalue weighted by atomic mass is 32.1. The van der Waals surface area contributed by atoms with E-state index in [0.717, 1.165) is 37.4 Å². The predicted octanol–water partition coefficient (Wildman–Crippen LogP) is 4.19. The monoisotopic (exact) mass is 353 g/mol. The predicted molar refractivity (Wildman–Crippen MR) is 105 cm³/mol. The Balaban J connectivity index is 1.46. The van der Waals surface area contributed by atoms with E-state index < -0.39 is 0 Å². The first-order chi connectivity index (χ1) is 12.3. The van der Waals surface area contributed by atoms with E-state index >= 15 is 0 Å². The summed E-state index contributed by atoms with van der Waals surface area (Å²) in [6, 6.07) is 17.0. The summed E-state index contributed by atoms with van der Waals surface area (Å²) < 4.78 is 6.79. The van der Waals surface area contributed by atoms with Gasteiger partial charge in [-0.2, -0.15) is 0 Å². The van der Waals surface area contributed by atoms with Crippen molar-refractivity contribution in [2.24, 2.45) is 0 Å². The first-order valence-electron chi connectivity index (χ1n) is 8.74. The Morgan fingerprint density at radius 3 is 2.48 bits per heavy atom. The van der Waals surface area contributed by atoms with Crippen molar-refractivity contribution in [2.75, 3.05) is 38.2 Å². The average molecular weight is 353 g/mol. The molecule has 4 rings (SSSR count). The highest BCUT2D eigenvalue weighted by molar-refractivity contribution is 7.18. The van der Waals surface area contributed by atoms with Gasteiger partial charge in [-0.3, -0.25) is 4.90 Å². The summed E-state index contributed by atoms with van der Waals surface area (Å²) in [6.07, 6.45) is 0. The average Bonchev–Trinajstić information content (AvgIpc) is 3.12. The molecule has 1 aliphatic rings. The minimum absolute atomic E-state index is 0.359. The summed E-state index contributed by atoms with van der Waals surface area (Å²) in [4.78, 5) is 9.78. The molecule has 1 atom stereocenters. The van der Waals surface area contributed by atoms with Crippen molar-refractivity contribution in [1.82, 2.24) is 9.88 Å². The maximum absolute atomic E-state index is 5.51. The van der Waals surface area contributed by atoms with Gasteiger partial charge in [0.2, 0.25) is 0 Å². The normalized spacial score (nSPS) is 17.0. The summed E-state index contributed by atoms with van der Waals surface area (Å²) in [6.45, 7) is 6.37. The smallest absolute Gasteiger partial charge is 0.142 e. The Labute approximate surface area is 152 Å². The SMILES string of the molecule is COc1ccccc1N1CCN([C@H](C)c2nc3ccccc3s2)CC1. The molecule has 0 radical (unpaired) electrons. The zero-order chi connectivity index (χ0) is 17.2. The highest BCUT2D eigenvalue weighted by Crippen LogP contribution is 2.32. The number of rotatable bonds is 4. The van der Waals surface area contributed by atoms with E-state index in [0.29, 0.717) is 6.04 Å². The van der Waals surface area contributed by atoms with Gasteiger partial charge in [0.05, 0.1) is 29.1 Å². The van der Waals surface area contributed by atoms with Crippen LogP contribution in [0.1, 0.15) is 18.0 Å². The number of hydrogen-bond acceptors (Lipinski definition) is 5. The molecule has 1 aromatic heterocycles. The van der Waals surface area contributed by atoms with Crippen LogP contribution in [0.25, 0.3) is 10.2 Å². The van der Waals surface area contributed by atoms with Gasteiger partial charge in [-0.15, -0.1) is 11.3 Å². The Hall–Kier alpha value is -2.11. The molecule has 25 heavy (non-hydrogen) atoms. The van der Waals surface area contributed by atoms with Gasteiger partial charge in [-0.25, -0.2) is 4.98 Å². The van der Waals surface area contributed by atoms with Crippen LogP contribution in [0.4, 0.5) is 5.69 Å². The minimum Gasteiger partial charge on any atom is -0.495 e. The van der Waals surface area contributed by atoms with Gasteiger partial charge in [0.15, 0.2) is 0 Å². The van der Waals surface area contributed by atoms with Crippen molar-refractivity contribution in [2.45, 2.75) is 13.0 Å². The standard InChI is InChI=1S/C20H23N3OS/c1-15(20-21-16-7-3-6-10-19(16)25-20)22-11-13-23(14-12-22)17-8-4-5-9-18(17)24-2/h3-10,15H,11-14H2,1-2H3/t15-/m1/s1. The van der Waals surface area contributed by atoms with E-state index in [1.165, 1.54) is 15.4 Å². The first kappa shape index (κ1) is 16.4. The third-order valence-corrected chi connectivity index (χ3v) is 6.16. The number of hydrogen-bond donors (Lipinski definition) is 0. The van der Waals surface area contributed by atoms with E-state index in [2.05, 4.69) is 53.1 Å². The summed E-state index contributed by atoms with van der Waals surface area (Å²) in [5.41, 5.74) is 2.30. The van der Waals surface area contributed by atoms with Crippen LogP contribution in [-0.2, 0) is 0 Å². The van der Waals surface area contributed by atoms with Gasteiger partial charge in [-0.05, 0) is 31.2 Å². The molecule has 0 N–H and O–H groups in total. The topological polar surface area (TPSA) is 28.6 Å². The molecule has 0 saturated carbocycles. The fourth-order valence-electron chi connectivity index (χ4n) is 3.47. The zero-order valence-corrected chi connectivity index (χ0v) is 15.5. The van der Waals surface area contributed by atoms with Crippen molar-refractivity contribution in [3.8, 4) is 5.75 Å². The number of benzene rings is 2. The van der Waals surface area contributed by atoms with Crippen LogP contribution >= 0.6 is 11.3 Å². The second kappa shape index (κ2) is 7.02. The number of nitrogens with zero attached hydrogens (tertiary/aromatic N) is 3. The van der Waals surface area contributed by atoms with E-state index in [-0.39, 0.29) is 0 Å². The lowest BCUT2D eigenvalue weighted by atomic mass is 10.2. The zero-order valence-electron chi connectivity index (χ0n) is 14.7. The molecule has 1 fully saturated rings. The quantitative estimate of drug-likeness (QED) is 0.703. The second-order valence-corrected chi connectivity index (χ2v) is 7.45. The Bertz CT molecular complexity index is 822. The molecular formula is C20H23N3OS. The lowest BCUT2D eigenvalue weighted by Crippen LogP contribution is -2.47. The summed E-state index contributed by atoms with van der Waals surface area (Å²) in [5.74, 6) is 0.954. The molecule has 130 valence electrons. The molecule has 2 aromatic carbocycles. The van der Waals surface area contributed by atoms with E-state index in [4.69, 9.17) is 9.72 Å². The van der Waals surface area contributed by atoms with Crippen LogP contribution in [0, 0.1) is 0 Å². The molecule has 2 heterocycles. The summed E-state index contributed by atoms with van der Waals surface area (Å²) >= 11 is 1.82. The lowest BCUT2D eigenvalue weighted by Gasteiger charge is -2.38. The molecule has 5 heteroatoms. The summed E-state index contributed by atoms with van der Waals surface area (Å²) in [7, 11) is 1.74. The van der Waals surface area contributed by atoms with Crippen LogP contribution in [0.5, 0.6) is 5.75 Å². The number of thiazole rings is 1. The summed E-state index contributed by atoms with van der Waals surface area (Å²) in [5, 5.41) is 1.21. The van der Waals surface area contributed by atoms with E-state index in [9.17, 15) is 0 Å². The van der Waals surface area contributed by atoms with Gasteiger partial charge in [0, 0.05) is 26.2 Å². The van der Waals surface area contributed by atoms with Crippen molar-refractivity contribution < 1.29 is 4.74 Å². The van der Waals surface area contributed by atoms with Crippen LogP contribution in [0.15, 0.2) is 48.5 Å². The Morgan fingerprint density at radius 2 is 1.72 bits per heavy atom. The van der Waals surface area contributed by atoms with Crippen LogP contribution in [0.3, 0.4) is 0 Å². The number of piperazine rings is 1. The maximum atomic E-state index is 5.51. The minimum atomic E-state index is 0.359. The van der Waals surface area contributed by atoms with Crippen LogP contribution in [-0.4, -0.2) is 43.2 Å². The number of anilines is 1. The van der Waals surface area contributed by atoms with Crippen LogP contribution < -0.4 is 9.64 Å². The maximum Gasteiger partial charge on any atom is 0.142 e. The first-order valence-corrected chi connectivity index (χ1v) is 9.55. The molecule has 1 saturated heterocycles. The third kappa shape index (κ3) is 3.22. The van der Waals surface area contributed by atoms with Crippen molar-refractivity contribution >= 4 is 27.2 Å². The van der Waals surface area contributed by atoms with Crippen molar-refractivity contribution in [3.63, 3.8) is 0 Å². The number of fused-ring (bicyclic) bond motifs is 1. The van der Waals surface area contributed by atoms with Gasteiger partial charge in [0.25, 0.3) is 0 Å². The molecule has 0 amide bonds. The van der Waals surface area contributed by atoms with Gasteiger partial charge in [0.1, 0.15) is 10.8 Å². The third-order valence-electron chi connectivity index (χ3n) is 4.96. The Morgan fingerprint density at radius 1 is 1.00 bits per heavy atom. The Kier molecular flexibility index (Phi) is 4.59. The molecule has 0 unspecified atom stereocenters. The molecular weight excluding hydrogens is 330 g/mol. The number of ether oxygens (including phenoxy) is 1. The largest absolute Gasteiger partial charge is 0.495 e. The molecule has 1 aliphatic heterocycles. The highest BCUT2D eigenvalue weighted by Gasteiger charge is 2.25. The van der Waals surface area contributed by atoms with Crippen molar-refractivity contribution in [1.29, 1.82) is 0 Å². The number of methoxy groups -OCH3 is 1. The molecule has 0 bridgehead atoms. The van der Waals surface area contributed by atoms with Gasteiger partial charge >= 0.3 is 0 Å². The van der Waals surface area contributed by atoms with E-state index in [1.807, 2.05) is 23.5 Å². The fourth-order valence-corrected chi connectivity index (χ4v) is 4.52. The molecule has 4 nitrogen and oxygen atoms in total. The van der Waals surface area contributed by atoms with E-state index in [1.54, 1.807) is 7.11 Å². The molecule has 0 spiro atoms.